The molecule has 0 N–H and O–H groups in total. The van der Waals surface area contributed by atoms with Crippen molar-refractivity contribution in [3.63, 3.8) is 0 Å². The summed E-state index contributed by atoms with van der Waals surface area (Å²) in [4.78, 5) is 0.399. The lowest BCUT2D eigenvalue weighted by molar-refractivity contribution is -0.0351. The summed E-state index contributed by atoms with van der Waals surface area (Å²) in [6, 6.07) is 0. The van der Waals surface area contributed by atoms with Crippen LogP contribution in [0.3, 0.4) is 0 Å². The van der Waals surface area contributed by atoms with E-state index in [2.05, 4.69) is 4.98 Å². The molecule has 21 heavy (non-hydrogen) atoms. The van der Waals surface area contributed by atoms with Crippen LogP contribution in [-0.4, -0.2) is 16.5 Å². The Hall–Kier alpha value is -0.0100. The molecule has 0 saturated carbocycles. The first kappa shape index (κ1) is 19.0. The van der Waals surface area contributed by atoms with Crippen LogP contribution in [0.2, 0.25) is 5.15 Å². The van der Waals surface area contributed by atoms with E-state index in [1.54, 1.807) is 0 Å². The van der Waals surface area contributed by atoms with Gasteiger partial charge in [0.2, 0.25) is 0 Å². The third kappa shape index (κ3) is 6.74. The normalized spacial score (nSPS) is 13.8. The van der Waals surface area contributed by atoms with Gasteiger partial charge in [0, 0.05) is 9.79 Å². The first-order valence-corrected chi connectivity index (χ1v) is 7.14. The molecule has 0 radical (unpaired) electrons. The van der Waals surface area contributed by atoms with Crippen molar-refractivity contribution in [2.45, 2.75) is 31.3 Å². The Labute approximate surface area is 128 Å². The zero-order chi connectivity index (χ0) is 16.6. The first-order valence-electron chi connectivity index (χ1n) is 4.31. The number of rotatable bonds is 3. The van der Waals surface area contributed by atoms with Crippen LogP contribution in [0.25, 0.3) is 0 Å². The van der Waals surface area contributed by atoms with E-state index >= 15 is 0 Å². The summed E-state index contributed by atoms with van der Waals surface area (Å²) < 4.78 is 110. The fourth-order valence-corrected chi connectivity index (χ4v) is 3.59. The lowest BCUT2D eigenvalue weighted by Gasteiger charge is -2.15. The van der Waals surface area contributed by atoms with Crippen molar-refractivity contribution in [3.05, 3.63) is 5.15 Å². The summed E-state index contributed by atoms with van der Waals surface area (Å²) in [6.45, 7) is 0. The van der Waals surface area contributed by atoms with Crippen LogP contribution in [-0.2, 0) is 0 Å². The predicted molar refractivity (Wildman–Crippen MR) is 60.5 cm³/mol. The second-order valence-electron chi connectivity index (χ2n) is 3.01. The van der Waals surface area contributed by atoms with Gasteiger partial charge in [-0.2, -0.15) is 39.5 Å². The molecular formula is C7ClF9NS3-. The number of aromatic nitrogens is 1. The Kier molecular flexibility index (Phi) is 5.66. The zero-order valence-corrected chi connectivity index (χ0v) is 12.2. The van der Waals surface area contributed by atoms with Gasteiger partial charge < -0.3 is 4.98 Å². The second-order valence-corrected chi connectivity index (χ2v) is 6.57. The lowest BCUT2D eigenvalue weighted by Crippen LogP contribution is -2.04. The molecule has 1 heterocycles. The molecule has 0 atom stereocenters. The van der Waals surface area contributed by atoms with Gasteiger partial charge in [-0.25, -0.2) is 0 Å². The van der Waals surface area contributed by atoms with Gasteiger partial charge in [0.1, 0.15) is 0 Å². The molecule has 0 aliphatic carbocycles. The highest BCUT2D eigenvalue weighted by molar-refractivity contribution is 8.04. The van der Waals surface area contributed by atoms with Crippen molar-refractivity contribution < 1.29 is 39.5 Å². The van der Waals surface area contributed by atoms with Crippen molar-refractivity contribution in [2.24, 2.45) is 0 Å². The van der Waals surface area contributed by atoms with Crippen LogP contribution < -0.4 is 4.98 Å². The summed E-state index contributed by atoms with van der Waals surface area (Å²) in [5.74, 6) is 0. The van der Waals surface area contributed by atoms with Crippen molar-refractivity contribution in [2.75, 3.05) is 0 Å². The van der Waals surface area contributed by atoms with Crippen LogP contribution >= 0.6 is 46.9 Å². The summed E-state index contributed by atoms with van der Waals surface area (Å²) in [6.07, 6.45) is 0. The van der Waals surface area contributed by atoms with Gasteiger partial charge in [0.15, 0.2) is 0 Å². The highest BCUT2D eigenvalue weighted by Crippen LogP contribution is 2.53. The minimum Gasteiger partial charge on any atom is -0.640 e. The largest absolute Gasteiger partial charge is 0.640 e. The zero-order valence-electron chi connectivity index (χ0n) is 8.95. The molecule has 1 rings (SSSR count). The molecule has 1 aromatic heterocycles. The molecule has 0 saturated heterocycles. The van der Waals surface area contributed by atoms with Crippen molar-refractivity contribution in [1.29, 1.82) is 0 Å². The Bertz CT molecular complexity index is 503. The maximum absolute atomic E-state index is 12.3. The molecule has 0 fully saturated rings. The molecule has 14 heteroatoms. The first-order chi connectivity index (χ1) is 9.18. The molecular weight excluding hydrogens is 401 g/mol. The Morgan fingerprint density at radius 2 is 1.05 bits per heavy atom. The van der Waals surface area contributed by atoms with Gasteiger partial charge in [-0.1, -0.05) is 10.2 Å². The van der Waals surface area contributed by atoms with Crippen molar-refractivity contribution in [3.8, 4) is 0 Å². The highest BCUT2D eigenvalue weighted by atomic mass is 35.5. The molecule has 0 aliphatic heterocycles. The third-order valence-electron chi connectivity index (χ3n) is 1.44. The van der Waals surface area contributed by atoms with E-state index in [4.69, 9.17) is 11.6 Å². The molecule has 1 nitrogen and oxygen atoms in total. The molecule has 0 aliphatic rings. The minimum absolute atomic E-state index is 1.05. The van der Waals surface area contributed by atoms with E-state index < -0.39 is 71.8 Å². The second kappa shape index (κ2) is 6.24. The topological polar surface area (TPSA) is 14.1 Å². The number of thioether (sulfide) groups is 3. The smallest absolute Gasteiger partial charge is 0.446 e. The van der Waals surface area contributed by atoms with Crippen LogP contribution in [0.5, 0.6) is 0 Å². The van der Waals surface area contributed by atoms with Crippen molar-refractivity contribution in [1.82, 2.24) is 4.98 Å². The van der Waals surface area contributed by atoms with E-state index in [9.17, 15) is 39.5 Å². The van der Waals surface area contributed by atoms with E-state index in [1.807, 2.05) is 0 Å². The maximum atomic E-state index is 12.3. The molecule has 0 aromatic carbocycles. The Morgan fingerprint density at radius 1 is 0.667 bits per heavy atom. The molecule has 0 unspecified atom stereocenters. The van der Waals surface area contributed by atoms with E-state index in [0.29, 0.717) is 0 Å². The fourth-order valence-electron chi connectivity index (χ4n) is 0.970. The van der Waals surface area contributed by atoms with E-state index in [0.717, 1.165) is 0 Å². The molecule has 1 aromatic rings. The standard InChI is InChI=1S/C7ClF9NS3/c8-3-1(19-5(9,10)11)2(20-6(12,13)14)4(18-3)21-7(15,16)17/q-1. The number of hydrogen-bond acceptors (Lipinski definition) is 3. The van der Waals surface area contributed by atoms with E-state index in [-0.39, 0.29) is 0 Å². The van der Waals surface area contributed by atoms with Gasteiger partial charge in [-0.15, -0.1) is 11.6 Å². The minimum atomic E-state index is -5.10. The number of hydrogen-bond donors (Lipinski definition) is 0. The summed E-state index contributed by atoms with van der Waals surface area (Å²) in [7, 11) is 0. The van der Waals surface area contributed by atoms with E-state index in [1.165, 1.54) is 0 Å². The van der Waals surface area contributed by atoms with Crippen LogP contribution in [0.4, 0.5) is 39.5 Å². The average Bonchev–Trinajstić information content (AvgIpc) is 2.39. The molecule has 0 spiro atoms. The lowest BCUT2D eigenvalue weighted by atomic mass is 10.6. The quantitative estimate of drug-likeness (QED) is 0.447. The van der Waals surface area contributed by atoms with Gasteiger partial charge in [0.05, 0.1) is 0 Å². The van der Waals surface area contributed by atoms with Gasteiger partial charge in [-0.05, 0) is 35.3 Å². The monoisotopic (exact) mass is 400 g/mol. The Morgan fingerprint density at radius 3 is 1.43 bits per heavy atom. The Balaban J connectivity index is 3.29. The fraction of sp³-hybridized carbons (Fsp3) is 0.429. The van der Waals surface area contributed by atoms with Crippen molar-refractivity contribution >= 4 is 46.9 Å². The molecule has 0 bridgehead atoms. The number of nitrogens with zero attached hydrogens (tertiary/aromatic N) is 1. The average molecular weight is 401 g/mol. The molecule has 122 valence electrons. The predicted octanol–water partition coefficient (Wildman–Crippen LogP) is 6.13. The van der Waals surface area contributed by atoms with Crippen LogP contribution in [0.15, 0.2) is 14.8 Å². The summed E-state index contributed by atoms with van der Waals surface area (Å²) in [5, 5.41) is -2.35. The van der Waals surface area contributed by atoms with Gasteiger partial charge in [-0.3, -0.25) is 0 Å². The highest BCUT2D eigenvalue weighted by Gasteiger charge is 2.38. The van der Waals surface area contributed by atoms with Gasteiger partial charge >= 0.3 is 16.5 Å². The number of alkyl halides is 9. The third-order valence-corrected chi connectivity index (χ3v) is 4.47. The summed E-state index contributed by atoms with van der Waals surface area (Å²) >= 11 is 1.97. The number of halogens is 10. The van der Waals surface area contributed by atoms with Crippen LogP contribution in [0, 0.1) is 0 Å². The maximum Gasteiger partial charge on any atom is 0.446 e. The van der Waals surface area contributed by atoms with Gasteiger partial charge in [0.25, 0.3) is 0 Å². The summed E-state index contributed by atoms with van der Waals surface area (Å²) in [5.41, 5.74) is -15.1. The molecule has 0 amide bonds. The SMILES string of the molecule is FC(F)(F)Sc1[n-]c(Cl)c(SC(F)(F)F)c1SC(F)(F)F. The van der Waals surface area contributed by atoms with Crippen LogP contribution in [0.1, 0.15) is 0 Å².